The molecule has 2 nitrogen and oxygen atoms in total. The zero-order chi connectivity index (χ0) is 8.97. The van der Waals surface area contributed by atoms with Crippen LogP contribution in [0.1, 0.15) is 32.6 Å². The Morgan fingerprint density at radius 3 is 2.50 bits per heavy atom. The second-order valence-electron chi connectivity index (χ2n) is 3.70. The van der Waals surface area contributed by atoms with E-state index in [-0.39, 0.29) is 6.10 Å². The number of hydrogen-bond donors (Lipinski definition) is 1. The summed E-state index contributed by atoms with van der Waals surface area (Å²) < 4.78 is 5.58. The Labute approximate surface area is 74.2 Å². The van der Waals surface area contributed by atoms with Crippen molar-refractivity contribution in [2.75, 3.05) is 6.61 Å². The lowest BCUT2D eigenvalue weighted by molar-refractivity contribution is 0.00667. The fourth-order valence-electron chi connectivity index (χ4n) is 1.47. The normalized spacial score (nSPS) is 30.2. The maximum absolute atomic E-state index is 9.23. The molecule has 0 aromatic carbocycles. The van der Waals surface area contributed by atoms with Gasteiger partial charge in [-0.1, -0.05) is 12.2 Å². The quantitative estimate of drug-likeness (QED) is 0.655. The van der Waals surface area contributed by atoms with Crippen LogP contribution in [0.3, 0.4) is 0 Å². The molecule has 12 heavy (non-hydrogen) atoms. The highest BCUT2D eigenvalue weighted by molar-refractivity contribution is 4.88. The minimum atomic E-state index is -0.0883. The van der Waals surface area contributed by atoms with Crippen LogP contribution in [-0.2, 0) is 4.74 Å². The summed E-state index contributed by atoms with van der Waals surface area (Å²) >= 11 is 0. The molecular weight excluding hydrogens is 152 g/mol. The van der Waals surface area contributed by atoms with E-state index < -0.39 is 0 Å². The first-order valence-electron chi connectivity index (χ1n) is 4.62. The summed E-state index contributed by atoms with van der Waals surface area (Å²) in [7, 11) is 0. The molecule has 0 amide bonds. The van der Waals surface area contributed by atoms with Gasteiger partial charge in [-0.25, -0.2) is 0 Å². The molecule has 70 valence electrons. The van der Waals surface area contributed by atoms with E-state index in [2.05, 4.69) is 6.58 Å². The molecule has 1 saturated carbocycles. The topological polar surface area (TPSA) is 29.5 Å². The van der Waals surface area contributed by atoms with Gasteiger partial charge in [0, 0.05) is 0 Å². The first-order chi connectivity index (χ1) is 5.68. The lowest BCUT2D eigenvalue weighted by Crippen LogP contribution is -2.24. The van der Waals surface area contributed by atoms with E-state index in [9.17, 15) is 5.11 Å². The minimum Gasteiger partial charge on any atom is -0.393 e. The second-order valence-corrected chi connectivity index (χ2v) is 3.70. The number of aliphatic hydroxyl groups excluding tert-OH is 1. The van der Waals surface area contributed by atoms with E-state index in [1.165, 1.54) is 0 Å². The van der Waals surface area contributed by atoms with Crippen molar-refractivity contribution in [3.63, 3.8) is 0 Å². The van der Waals surface area contributed by atoms with Gasteiger partial charge in [0.25, 0.3) is 0 Å². The molecule has 1 N–H and O–H groups in total. The molecule has 0 unspecified atom stereocenters. The van der Waals surface area contributed by atoms with Crippen LogP contribution < -0.4 is 0 Å². The summed E-state index contributed by atoms with van der Waals surface area (Å²) in [4.78, 5) is 0. The van der Waals surface area contributed by atoms with Gasteiger partial charge in [0.05, 0.1) is 18.8 Å². The molecule has 0 spiro atoms. The van der Waals surface area contributed by atoms with Gasteiger partial charge in [-0.15, -0.1) is 0 Å². The van der Waals surface area contributed by atoms with E-state index >= 15 is 0 Å². The van der Waals surface area contributed by atoms with E-state index in [0.29, 0.717) is 12.7 Å². The van der Waals surface area contributed by atoms with E-state index in [0.717, 1.165) is 31.3 Å². The lowest BCUT2D eigenvalue weighted by Gasteiger charge is -2.25. The summed E-state index contributed by atoms with van der Waals surface area (Å²) in [5, 5.41) is 9.23. The largest absolute Gasteiger partial charge is 0.393 e. The smallest absolute Gasteiger partial charge is 0.0675 e. The van der Waals surface area contributed by atoms with Crippen LogP contribution in [0.15, 0.2) is 12.2 Å². The SMILES string of the molecule is C=C(C)COC1CCC(O)CC1. The highest BCUT2D eigenvalue weighted by Gasteiger charge is 2.19. The fraction of sp³-hybridized carbons (Fsp3) is 0.800. The van der Waals surface area contributed by atoms with Crippen molar-refractivity contribution in [1.29, 1.82) is 0 Å². The first-order valence-corrected chi connectivity index (χ1v) is 4.62. The third kappa shape index (κ3) is 3.37. The van der Waals surface area contributed by atoms with Crippen molar-refractivity contribution >= 4 is 0 Å². The summed E-state index contributed by atoms with van der Waals surface area (Å²) in [5.74, 6) is 0. The van der Waals surface area contributed by atoms with Crippen molar-refractivity contribution in [2.45, 2.75) is 44.8 Å². The Morgan fingerprint density at radius 2 is 2.00 bits per heavy atom. The Morgan fingerprint density at radius 1 is 1.42 bits per heavy atom. The summed E-state index contributed by atoms with van der Waals surface area (Å²) in [6.45, 7) is 6.42. The molecule has 1 rings (SSSR count). The Hall–Kier alpha value is -0.340. The predicted molar refractivity (Wildman–Crippen MR) is 49.0 cm³/mol. The Bertz CT molecular complexity index is 146. The number of hydrogen-bond acceptors (Lipinski definition) is 2. The van der Waals surface area contributed by atoms with E-state index in [1.807, 2.05) is 6.92 Å². The first kappa shape index (κ1) is 9.75. The fourth-order valence-corrected chi connectivity index (χ4v) is 1.47. The maximum atomic E-state index is 9.23. The zero-order valence-corrected chi connectivity index (χ0v) is 7.75. The average Bonchev–Trinajstić information content (AvgIpc) is 2.03. The van der Waals surface area contributed by atoms with Crippen LogP contribution in [0.4, 0.5) is 0 Å². The predicted octanol–water partition coefficient (Wildman–Crippen LogP) is 1.88. The molecule has 0 radical (unpaired) electrons. The van der Waals surface area contributed by atoms with Crippen molar-refractivity contribution < 1.29 is 9.84 Å². The standard InChI is InChI=1S/C10H18O2/c1-8(2)7-12-10-5-3-9(11)4-6-10/h9-11H,1,3-7H2,2H3. The van der Waals surface area contributed by atoms with Gasteiger partial charge in [-0.2, -0.15) is 0 Å². The third-order valence-electron chi connectivity index (χ3n) is 2.21. The zero-order valence-electron chi connectivity index (χ0n) is 7.75. The van der Waals surface area contributed by atoms with Gasteiger partial charge >= 0.3 is 0 Å². The maximum Gasteiger partial charge on any atom is 0.0675 e. The highest BCUT2D eigenvalue weighted by atomic mass is 16.5. The van der Waals surface area contributed by atoms with Crippen LogP contribution >= 0.6 is 0 Å². The molecular formula is C10H18O2. The van der Waals surface area contributed by atoms with Gasteiger partial charge in [-0.05, 0) is 32.6 Å². The molecule has 1 fully saturated rings. The van der Waals surface area contributed by atoms with Crippen molar-refractivity contribution in [3.05, 3.63) is 12.2 Å². The van der Waals surface area contributed by atoms with Crippen molar-refractivity contribution in [3.8, 4) is 0 Å². The van der Waals surface area contributed by atoms with Crippen LogP contribution in [0.25, 0.3) is 0 Å². The van der Waals surface area contributed by atoms with Crippen LogP contribution in [-0.4, -0.2) is 23.9 Å². The van der Waals surface area contributed by atoms with Crippen molar-refractivity contribution in [1.82, 2.24) is 0 Å². The molecule has 2 heteroatoms. The van der Waals surface area contributed by atoms with E-state index in [4.69, 9.17) is 4.74 Å². The van der Waals surface area contributed by atoms with Gasteiger partial charge < -0.3 is 9.84 Å². The van der Waals surface area contributed by atoms with Crippen LogP contribution in [0, 0.1) is 0 Å². The summed E-state index contributed by atoms with van der Waals surface area (Å²) in [6, 6.07) is 0. The Kier molecular flexibility index (Phi) is 3.76. The Balaban J connectivity index is 2.13. The second kappa shape index (κ2) is 4.63. The molecule has 1 aliphatic rings. The van der Waals surface area contributed by atoms with Gasteiger partial charge in [0.15, 0.2) is 0 Å². The van der Waals surface area contributed by atoms with Crippen LogP contribution in [0.2, 0.25) is 0 Å². The third-order valence-corrected chi connectivity index (χ3v) is 2.21. The molecule has 0 heterocycles. The molecule has 0 saturated heterocycles. The summed E-state index contributed by atoms with van der Waals surface area (Å²) in [5.41, 5.74) is 1.07. The van der Waals surface area contributed by atoms with Gasteiger partial charge in [0.2, 0.25) is 0 Å². The van der Waals surface area contributed by atoms with Gasteiger partial charge in [0.1, 0.15) is 0 Å². The molecule has 0 bridgehead atoms. The van der Waals surface area contributed by atoms with Crippen molar-refractivity contribution in [2.24, 2.45) is 0 Å². The molecule has 0 aromatic rings. The molecule has 1 aliphatic carbocycles. The lowest BCUT2D eigenvalue weighted by atomic mass is 9.95. The number of aliphatic hydroxyl groups is 1. The average molecular weight is 170 g/mol. The molecule has 0 aliphatic heterocycles. The van der Waals surface area contributed by atoms with Gasteiger partial charge in [-0.3, -0.25) is 0 Å². The summed E-state index contributed by atoms with van der Waals surface area (Å²) in [6.07, 6.45) is 4.03. The molecule has 0 atom stereocenters. The van der Waals surface area contributed by atoms with E-state index in [1.54, 1.807) is 0 Å². The minimum absolute atomic E-state index is 0.0883. The highest BCUT2D eigenvalue weighted by Crippen LogP contribution is 2.21. The number of rotatable bonds is 3. The molecule has 0 aromatic heterocycles. The number of ether oxygens (including phenoxy) is 1. The van der Waals surface area contributed by atoms with Crippen LogP contribution in [0.5, 0.6) is 0 Å². The monoisotopic (exact) mass is 170 g/mol.